The van der Waals surface area contributed by atoms with Crippen molar-refractivity contribution in [3.05, 3.63) is 54.1 Å². The van der Waals surface area contributed by atoms with Crippen LogP contribution in [0.5, 0.6) is 0 Å². The first kappa shape index (κ1) is 21.2. The van der Waals surface area contributed by atoms with Crippen LogP contribution < -0.4 is 5.14 Å². The summed E-state index contributed by atoms with van der Waals surface area (Å²) in [5.74, 6) is 0.739. The lowest BCUT2D eigenvalue weighted by molar-refractivity contribution is 0.0943. The molecule has 28 heavy (non-hydrogen) atoms. The third kappa shape index (κ3) is 6.23. The summed E-state index contributed by atoms with van der Waals surface area (Å²) in [6, 6.07) is 16.2. The minimum absolute atomic E-state index is 0.545. The van der Waals surface area contributed by atoms with E-state index in [1.54, 1.807) is 13.8 Å². The molecule has 5 heteroatoms. The summed E-state index contributed by atoms with van der Waals surface area (Å²) in [5, 5.41) is 5.40. The van der Waals surface area contributed by atoms with Gasteiger partial charge in [0.05, 0.1) is 4.90 Å². The molecular weight excluding hydrogens is 371 g/mol. The van der Waals surface area contributed by atoms with Gasteiger partial charge in [-0.2, -0.15) is 0 Å². The third-order valence-electron chi connectivity index (χ3n) is 5.52. The second-order valence-corrected chi connectivity index (χ2v) is 9.56. The Balaban J connectivity index is 1.48. The van der Waals surface area contributed by atoms with E-state index in [-0.39, 0.29) is 0 Å². The average molecular weight is 403 g/mol. The van der Waals surface area contributed by atoms with Gasteiger partial charge >= 0.3 is 0 Å². The van der Waals surface area contributed by atoms with Gasteiger partial charge in [0.15, 0.2) is 0 Å². The Morgan fingerprint density at radius 2 is 1.57 bits per heavy atom. The number of halogens is 1. The molecule has 0 radical (unpaired) electrons. The number of nitrogens with zero attached hydrogens (tertiary/aromatic N) is 1. The summed E-state index contributed by atoms with van der Waals surface area (Å²) in [6.07, 6.45) is 4.62. The van der Waals surface area contributed by atoms with Crippen LogP contribution >= 0.6 is 0 Å². The molecule has 2 aromatic carbocycles. The highest BCUT2D eigenvalue weighted by Gasteiger charge is 2.24. The molecule has 3 nitrogen and oxygen atoms in total. The van der Waals surface area contributed by atoms with E-state index in [0.29, 0.717) is 11.4 Å². The Bertz CT molecular complexity index is 776. The first-order valence-corrected chi connectivity index (χ1v) is 11.3. The van der Waals surface area contributed by atoms with E-state index in [4.69, 9.17) is 5.14 Å². The van der Waals surface area contributed by atoms with Crippen LogP contribution in [0.2, 0.25) is 0 Å². The zero-order valence-electron chi connectivity index (χ0n) is 16.9. The predicted molar refractivity (Wildman–Crippen MR) is 115 cm³/mol. The molecule has 0 saturated carbocycles. The molecule has 3 rings (SSSR count). The summed E-state index contributed by atoms with van der Waals surface area (Å²) in [5.41, 5.74) is 2.51. The van der Waals surface area contributed by atoms with Gasteiger partial charge < -0.3 is 4.90 Å². The van der Waals surface area contributed by atoms with Crippen LogP contribution in [-0.4, -0.2) is 34.4 Å². The molecule has 0 aliphatic carbocycles. The van der Waals surface area contributed by atoms with Crippen molar-refractivity contribution in [1.29, 1.82) is 0 Å². The Hall–Kier alpha value is -1.56. The number of likely N-dealkylation sites (tertiary alicyclic amines) is 1. The van der Waals surface area contributed by atoms with Crippen LogP contribution in [0.4, 0.5) is 4.39 Å². The van der Waals surface area contributed by atoms with Crippen LogP contribution in [-0.2, 0) is 17.4 Å². The van der Waals surface area contributed by atoms with Gasteiger partial charge in [-0.1, -0.05) is 36.4 Å². The quantitative estimate of drug-likeness (QED) is 0.728. The molecule has 152 valence electrons. The zero-order valence-corrected chi connectivity index (χ0v) is 17.7. The van der Waals surface area contributed by atoms with Crippen molar-refractivity contribution in [2.24, 2.45) is 11.1 Å². The number of hydrogen-bond donors (Lipinski definition) is 1. The van der Waals surface area contributed by atoms with Gasteiger partial charge in [-0.05, 0) is 87.4 Å². The fourth-order valence-corrected chi connectivity index (χ4v) is 4.39. The molecule has 1 aliphatic heterocycles. The molecule has 0 bridgehead atoms. The van der Waals surface area contributed by atoms with Gasteiger partial charge in [0.25, 0.3) is 0 Å². The van der Waals surface area contributed by atoms with E-state index in [0.717, 1.165) is 36.6 Å². The molecule has 1 aliphatic rings. The normalized spacial score (nSPS) is 17.6. The molecule has 1 fully saturated rings. The van der Waals surface area contributed by atoms with Gasteiger partial charge in [0, 0.05) is 6.54 Å². The van der Waals surface area contributed by atoms with E-state index in [9.17, 15) is 8.60 Å². The van der Waals surface area contributed by atoms with Crippen molar-refractivity contribution < 1.29 is 8.60 Å². The SMILES string of the molecule is CC(C)(F)CN1CCC(CCc2ccc(-c3ccc(S(N)=O)cc3)cc2)CC1. The van der Waals surface area contributed by atoms with Crippen LogP contribution in [0.3, 0.4) is 0 Å². The van der Waals surface area contributed by atoms with E-state index in [1.807, 2.05) is 24.3 Å². The minimum Gasteiger partial charge on any atom is -0.300 e. The molecule has 0 spiro atoms. The predicted octanol–water partition coefficient (Wildman–Crippen LogP) is 4.73. The molecule has 0 aromatic heterocycles. The Labute approximate surface area is 170 Å². The fourth-order valence-electron chi connectivity index (χ4n) is 3.98. The largest absolute Gasteiger partial charge is 0.300 e. The van der Waals surface area contributed by atoms with Gasteiger partial charge in [-0.25, -0.2) is 13.7 Å². The number of benzene rings is 2. The standard InChI is InChI=1S/C23H31FN2OS/c1-23(2,24)17-26-15-13-19(14-16-26)4-3-18-5-7-20(8-6-18)21-9-11-22(12-10-21)28(25)27/h5-12,19H,3-4,13-17,25H2,1-2H3. The second-order valence-electron chi connectivity index (χ2n) is 8.50. The third-order valence-corrected chi connectivity index (χ3v) is 6.26. The number of alkyl halides is 1. The number of nitrogens with two attached hydrogens (primary N) is 1. The van der Waals surface area contributed by atoms with Crippen molar-refractivity contribution in [2.45, 2.75) is 50.1 Å². The Morgan fingerprint density at radius 3 is 2.07 bits per heavy atom. The number of piperidine rings is 1. The average Bonchev–Trinajstić information content (AvgIpc) is 2.67. The summed E-state index contributed by atoms with van der Waals surface area (Å²) >= 11 is 0. The molecular formula is C23H31FN2OS. The molecule has 1 heterocycles. The highest BCUT2D eigenvalue weighted by Crippen LogP contribution is 2.26. The summed E-state index contributed by atoms with van der Waals surface area (Å²) in [4.78, 5) is 2.90. The van der Waals surface area contributed by atoms with Crippen LogP contribution in [0.15, 0.2) is 53.4 Å². The summed E-state index contributed by atoms with van der Waals surface area (Å²) < 4.78 is 25.1. The molecule has 2 aromatic rings. The maximum atomic E-state index is 13.8. The summed E-state index contributed by atoms with van der Waals surface area (Å²) in [7, 11) is -1.43. The van der Waals surface area contributed by atoms with Crippen molar-refractivity contribution in [3.8, 4) is 11.1 Å². The van der Waals surface area contributed by atoms with Crippen LogP contribution in [0.25, 0.3) is 11.1 Å². The maximum Gasteiger partial charge on any atom is 0.122 e. The second kappa shape index (κ2) is 9.29. The Morgan fingerprint density at radius 1 is 1.04 bits per heavy atom. The zero-order chi connectivity index (χ0) is 20.1. The molecule has 0 amide bonds. The van der Waals surface area contributed by atoms with Gasteiger partial charge in [-0.15, -0.1) is 0 Å². The first-order chi connectivity index (χ1) is 13.3. The molecule has 1 atom stereocenters. The summed E-state index contributed by atoms with van der Waals surface area (Å²) in [6.45, 7) is 5.90. The van der Waals surface area contributed by atoms with Crippen molar-refractivity contribution in [2.75, 3.05) is 19.6 Å². The molecule has 1 unspecified atom stereocenters. The lowest BCUT2D eigenvalue weighted by Crippen LogP contribution is -2.41. The van der Waals surface area contributed by atoms with E-state index in [1.165, 1.54) is 24.8 Å². The van der Waals surface area contributed by atoms with Crippen LogP contribution in [0.1, 0.15) is 38.7 Å². The maximum absolute atomic E-state index is 13.8. The fraction of sp³-hybridized carbons (Fsp3) is 0.478. The van der Waals surface area contributed by atoms with Crippen LogP contribution in [0, 0.1) is 5.92 Å². The van der Waals surface area contributed by atoms with Gasteiger partial charge in [0.2, 0.25) is 0 Å². The number of hydrogen-bond acceptors (Lipinski definition) is 2. The monoisotopic (exact) mass is 402 g/mol. The highest BCUT2D eigenvalue weighted by atomic mass is 32.2. The molecule has 1 saturated heterocycles. The molecule has 2 N–H and O–H groups in total. The van der Waals surface area contributed by atoms with E-state index in [2.05, 4.69) is 29.2 Å². The topological polar surface area (TPSA) is 46.3 Å². The first-order valence-electron chi connectivity index (χ1n) is 10.1. The van der Waals surface area contributed by atoms with E-state index >= 15 is 0 Å². The Kier molecular flexibility index (Phi) is 7.02. The van der Waals surface area contributed by atoms with Gasteiger partial charge in [0.1, 0.15) is 16.7 Å². The van der Waals surface area contributed by atoms with E-state index < -0.39 is 16.7 Å². The lowest BCUT2D eigenvalue weighted by Gasteiger charge is -2.34. The van der Waals surface area contributed by atoms with Crippen molar-refractivity contribution in [1.82, 2.24) is 4.90 Å². The number of aryl methyl sites for hydroxylation is 1. The van der Waals surface area contributed by atoms with Crippen molar-refractivity contribution in [3.63, 3.8) is 0 Å². The smallest absolute Gasteiger partial charge is 0.122 e. The number of rotatable bonds is 7. The highest BCUT2D eigenvalue weighted by molar-refractivity contribution is 7.82. The minimum atomic E-state index is -1.43. The van der Waals surface area contributed by atoms with Crippen molar-refractivity contribution >= 4 is 11.0 Å². The lowest BCUT2D eigenvalue weighted by atomic mass is 9.90. The van der Waals surface area contributed by atoms with Gasteiger partial charge in [-0.3, -0.25) is 0 Å².